The second-order valence-electron chi connectivity index (χ2n) is 10.6. The van der Waals surface area contributed by atoms with Crippen LogP contribution in [0.1, 0.15) is 57.8 Å². The summed E-state index contributed by atoms with van der Waals surface area (Å²) < 4.78 is 28.0. The molecule has 0 aliphatic carbocycles. The molecule has 1 aliphatic rings. The van der Waals surface area contributed by atoms with Crippen molar-refractivity contribution in [1.82, 2.24) is 19.5 Å². The number of carbonyl (C=O) groups is 1. The van der Waals surface area contributed by atoms with E-state index in [2.05, 4.69) is 49.8 Å². The zero-order chi connectivity index (χ0) is 25.8. The number of amides is 1. The van der Waals surface area contributed by atoms with Gasteiger partial charge in [0.25, 0.3) is 5.91 Å². The molecule has 1 aliphatic heterocycles. The highest BCUT2D eigenvalue weighted by Gasteiger charge is 2.28. The Kier molecular flexibility index (Phi) is 9.12. The average Bonchev–Trinajstić information content (AvgIpc) is 2.77. The summed E-state index contributed by atoms with van der Waals surface area (Å²) >= 11 is 0. The van der Waals surface area contributed by atoms with Crippen LogP contribution in [0.5, 0.6) is 0 Å². The summed E-state index contributed by atoms with van der Waals surface area (Å²) in [5.74, 6) is 1.17. The molecule has 8 nitrogen and oxygen atoms in total. The Balaban J connectivity index is 1.82. The molecular formula is C26H40N4O4S. The lowest BCUT2D eigenvalue weighted by molar-refractivity contribution is 0.0947. The number of rotatable bonds is 10. The smallest absolute Gasteiger partial charge is 0.252 e. The van der Waals surface area contributed by atoms with Crippen molar-refractivity contribution >= 4 is 26.8 Å². The lowest BCUT2D eigenvalue weighted by Crippen LogP contribution is -2.39. The predicted molar refractivity (Wildman–Crippen MR) is 140 cm³/mol. The van der Waals surface area contributed by atoms with Gasteiger partial charge in [-0.05, 0) is 48.8 Å². The number of hydrogen-bond acceptors (Lipinski definition) is 5. The van der Waals surface area contributed by atoms with Gasteiger partial charge in [0.2, 0.25) is 15.6 Å². The monoisotopic (exact) mass is 504 g/mol. The van der Waals surface area contributed by atoms with Crippen LogP contribution in [0.2, 0.25) is 0 Å². The molecule has 1 fully saturated rings. The summed E-state index contributed by atoms with van der Waals surface area (Å²) in [7, 11) is -3.68. The molecule has 35 heavy (non-hydrogen) atoms. The Morgan fingerprint density at radius 2 is 1.74 bits per heavy atom. The number of benzene rings is 1. The topological polar surface area (TPSA) is 103 Å². The number of pyridine rings is 1. The van der Waals surface area contributed by atoms with Crippen LogP contribution >= 0.6 is 0 Å². The quantitative estimate of drug-likeness (QED) is 0.517. The average molecular weight is 505 g/mol. The lowest BCUT2D eigenvalue weighted by Gasteiger charge is -2.29. The van der Waals surface area contributed by atoms with Gasteiger partial charge in [-0.3, -0.25) is 9.59 Å². The number of aromatic amines is 1. The van der Waals surface area contributed by atoms with Crippen molar-refractivity contribution in [3.05, 3.63) is 40.2 Å². The van der Waals surface area contributed by atoms with Gasteiger partial charge >= 0.3 is 0 Å². The number of H-pyrrole nitrogens is 1. The highest BCUT2D eigenvalue weighted by molar-refractivity contribution is 7.89. The first-order chi connectivity index (χ1) is 16.5. The van der Waals surface area contributed by atoms with E-state index in [4.69, 9.17) is 0 Å². The molecule has 0 bridgehead atoms. The summed E-state index contributed by atoms with van der Waals surface area (Å²) in [6, 6.07) is 5.83. The first kappa shape index (κ1) is 27.4. The fourth-order valence-electron chi connectivity index (χ4n) is 4.67. The van der Waals surface area contributed by atoms with E-state index in [1.54, 1.807) is 6.07 Å². The van der Waals surface area contributed by atoms with E-state index >= 15 is 0 Å². The van der Waals surface area contributed by atoms with Crippen molar-refractivity contribution in [2.45, 2.75) is 52.4 Å². The largest absolute Gasteiger partial charge is 0.351 e. The molecule has 0 saturated carbocycles. The Hall–Kier alpha value is -2.23. The second kappa shape index (κ2) is 11.7. The maximum absolute atomic E-state index is 13.3. The minimum Gasteiger partial charge on any atom is -0.351 e. The van der Waals surface area contributed by atoms with E-state index in [0.29, 0.717) is 54.8 Å². The minimum absolute atomic E-state index is 0.140. The molecule has 1 saturated heterocycles. The van der Waals surface area contributed by atoms with Gasteiger partial charge in [0.15, 0.2) is 0 Å². The number of aromatic nitrogens is 1. The lowest BCUT2D eigenvalue weighted by atomic mass is 10.0. The van der Waals surface area contributed by atoms with Crippen molar-refractivity contribution in [3.8, 4) is 0 Å². The van der Waals surface area contributed by atoms with Gasteiger partial charge in [-0.25, -0.2) is 8.42 Å². The van der Waals surface area contributed by atoms with Crippen molar-refractivity contribution < 1.29 is 13.2 Å². The number of hydrogen-bond donors (Lipinski definition) is 2. The molecule has 0 unspecified atom stereocenters. The molecule has 0 spiro atoms. The van der Waals surface area contributed by atoms with Gasteiger partial charge in [0, 0.05) is 56.2 Å². The van der Waals surface area contributed by atoms with E-state index in [1.165, 1.54) is 22.5 Å². The first-order valence-electron chi connectivity index (χ1n) is 12.6. The van der Waals surface area contributed by atoms with Crippen LogP contribution in [0, 0.1) is 17.8 Å². The summed E-state index contributed by atoms with van der Waals surface area (Å²) in [4.78, 5) is 30.5. The molecule has 0 radical (unpaired) electrons. The SMILES string of the molecule is CC(C)CN(CCNC(=O)c1cc(=O)[nH]c2ccc(S(=O)(=O)N3CCC(C)CC3)cc12)CC(C)C. The maximum atomic E-state index is 13.3. The van der Waals surface area contributed by atoms with Crippen LogP contribution in [0.4, 0.5) is 0 Å². The molecule has 1 aromatic heterocycles. The van der Waals surface area contributed by atoms with E-state index < -0.39 is 15.6 Å². The molecule has 2 N–H and O–H groups in total. The number of piperidine rings is 1. The molecule has 1 aromatic carbocycles. The number of nitrogens with zero attached hydrogens (tertiary/aromatic N) is 2. The number of fused-ring (bicyclic) bond motifs is 1. The number of nitrogens with one attached hydrogen (secondary N) is 2. The van der Waals surface area contributed by atoms with Crippen molar-refractivity contribution in [2.24, 2.45) is 17.8 Å². The van der Waals surface area contributed by atoms with Gasteiger partial charge in [-0.2, -0.15) is 4.31 Å². The number of sulfonamides is 1. The van der Waals surface area contributed by atoms with E-state index in [1.807, 2.05) is 0 Å². The summed E-state index contributed by atoms with van der Waals surface area (Å²) in [6.45, 7) is 14.8. The van der Waals surface area contributed by atoms with Gasteiger partial charge in [-0.15, -0.1) is 0 Å². The fourth-order valence-corrected chi connectivity index (χ4v) is 6.16. The summed E-state index contributed by atoms with van der Waals surface area (Å²) in [5.41, 5.74) is 0.229. The van der Waals surface area contributed by atoms with Gasteiger partial charge < -0.3 is 15.2 Å². The van der Waals surface area contributed by atoms with Crippen LogP contribution in [-0.4, -0.2) is 67.8 Å². The zero-order valence-electron chi connectivity index (χ0n) is 21.6. The zero-order valence-corrected chi connectivity index (χ0v) is 22.5. The molecule has 9 heteroatoms. The highest BCUT2D eigenvalue weighted by atomic mass is 32.2. The van der Waals surface area contributed by atoms with E-state index in [0.717, 1.165) is 25.9 Å². The Labute approximate surface area is 209 Å². The van der Waals surface area contributed by atoms with Crippen molar-refractivity contribution in [1.29, 1.82) is 0 Å². The Morgan fingerprint density at radius 3 is 2.34 bits per heavy atom. The molecule has 2 heterocycles. The van der Waals surface area contributed by atoms with Crippen molar-refractivity contribution in [2.75, 3.05) is 39.3 Å². The molecule has 1 amide bonds. The van der Waals surface area contributed by atoms with Gasteiger partial charge in [-0.1, -0.05) is 34.6 Å². The number of carbonyl (C=O) groups excluding carboxylic acids is 1. The summed E-state index contributed by atoms with van der Waals surface area (Å²) in [6.07, 6.45) is 1.66. The third-order valence-corrected chi connectivity index (χ3v) is 8.29. The summed E-state index contributed by atoms with van der Waals surface area (Å²) in [5, 5.41) is 3.35. The van der Waals surface area contributed by atoms with Gasteiger partial charge in [0.1, 0.15) is 0 Å². The second-order valence-corrected chi connectivity index (χ2v) is 12.6. The highest BCUT2D eigenvalue weighted by Crippen LogP contribution is 2.26. The molecular weight excluding hydrogens is 464 g/mol. The maximum Gasteiger partial charge on any atom is 0.252 e. The van der Waals surface area contributed by atoms with E-state index in [-0.39, 0.29) is 16.4 Å². The minimum atomic E-state index is -3.68. The van der Waals surface area contributed by atoms with Crippen LogP contribution in [-0.2, 0) is 10.0 Å². The van der Waals surface area contributed by atoms with Crippen molar-refractivity contribution in [3.63, 3.8) is 0 Å². The normalized spacial score (nSPS) is 16.0. The third-order valence-electron chi connectivity index (χ3n) is 6.40. The Bertz CT molecular complexity index is 1170. The predicted octanol–water partition coefficient (Wildman–Crippen LogP) is 3.29. The molecule has 3 rings (SSSR count). The standard InChI is InChI=1S/C26H40N4O4S/c1-18(2)16-29(17-19(3)4)13-10-27-26(32)23-15-25(31)28-24-7-6-21(14-22(23)24)35(33,34)30-11-8-20(5)9-12-30/h6-7,14-15,18-20H,8-13,16-17H2,1-5H3,(H,27,32)(H,28,31). The fraction of sp³-hybridized carbons (Fsp3) is 0.615. The third kappa shape index (κ3) is 7.15. The van der Waals surface area contributed by atoms with E-state index in [9.17, 15) is 18.0 Å². The molecule has 194 valence electrons. The Morgan fingerprint density at radius 1 is 1.11 bits per heavy atom. The van der Waals surface area contributed by atoms with Crippen LogP contribution in [0.3, 0.4) is 0 Å². The first-order valence-corrected chi connectivity index (χ1v) is 14.1. The molecule has 2 aromatic rings. The van der Waals surface area contributed by atoms with Crippen LogP contribution < -0.4 is 10.9 Å². The van der Waals surface area contributed by atoms with Gasteiger partial charge in [0.05, 0.1) is 10.5 Å². The van der Waals surface area contributed by atoms with Crippen LogP contribution in [0.25, 0.3) is 10.9 Å². The molecule has 0 atom stereocenters. The van der Waals surface area contributed by atoms with Crippen LogP contribution in [0.15, 0.2) is 34.0 Å².